The first-order valence-corrected chi connectivity index (χ1v) is 4.86. The van der Waals surface area contributed by atoms with Crippen molar-refractivity contribution in [3.8, 4) is 11.6 Å². The van der Waals surface area contributed by atoms with E-state index >= 15 is 0 Å². The molecule has 16 heavy (non-hydrogen) atoms. The van der Waals surface area contributed by atoms with E-state index in [1.807, 2.05) is 19.2 Å². The maximum absolute atomic E-state index is 13.2. The number of hydrogen-bond donors (Lipinski definition) is 1. The maximum atomic E-state index is 13.2. The van der Waals surface area contributed by atoms with Gasteiger partial charge in [0.05, 0.1) is 0 Å². The third kappa shape index (κ3) is 2.28. The Hall–Kier alpha value is -2.10. The lowest BCUT2D eigenvalue weighted by Crippen LogP contribution is -1.92. The van der Waals surface area contributed by atoms with E-state index in [4.69, 9.17) is 4.74 Å². The summed E-state index contributed by atoms with van der Waals surface area (Å²) < 4.78 is 18.5. The molecular weight excluding hydrogens is 207 g/mol. The summed E-state index contributed by atoms with van der Waals surface area (Å²) in [6.07, 6.45) is 1.49. The summed E-state index contributed by atoms with van der Waals surface area (Å²) >= 11 is 0. The molecule has 82 valence electrons. The Morgan fingerprint density at radius 1 is 1.19 bits per heavy atom. The topological polar surface area (TPSA) is 34.1 Å². The van der Waals surface area contributed by atoms with E-state index in [-0.39, 0.29) is 5.88 Å². The molecule has 0 fully saturated rings. The number of benzene rings is 1. The highest BCUT2D eigenvalue weighted by atomic mass is 19.1. The van der Waals surface area contributed by atoms with Crippen molar-refractivity contribution < 1.29 is 9.13 Å². The summed E-state index contributed by atoms with van der Waals surface area (Å²) in [4.78, 5) is 3.80. The summed E-state index contributed by atoms with van der Waals surface area (Å²) in [6.45, 7) is 0. The second-order valence-corrected chi connectivity index (χ2v) is 3.17. The van der Waals surface area contributed by atoms with E-state index < -0.39 is 5.82 Å². The van der Waals surface area contributed by atoms with Gasteiger partial charge in [-0.2, -0.15) is 0 Å². The lowest BCUT2D eigenvalue weighted by atomic mass is 10.3. The molecule has 1 heterocycles. The van der Waals surface area contributed by atoms with E-state index in [2.05, 4.69) is 10.3 Å². The van der Waals surface area contributed by atoms with Crippen LogP contribution in [0.3, 0.4) is 0 Å². The molecule has 3 nitrogen and oxygen atoms in total. The van der Waals surface area contributed by atoms with Gasteiger partial charge in [0.2, 0.25) is 0 Å². The predicted octanol–water partition coefficient (Wildman–Crippen LogP) is 3.05. The molecule has 1 N–H and O–H groups in total. The predicted molar refractivity (Wildman–Crippen MR) is 60.3 cm³/mol. The number of anilines is 1. The van der Waals surface area contributed by atoms with Gasteiger partial charge in [0.1, 0.15) is 5.75 Å². The Kier molecular flexibility index (Phi) is 3.00. The molecule has 2 rings (SSSR count). The van der Waals surface area contributed by atoms with Gasteiger partial charge in [0, 0.05) is 18.9 Å². The first kappa shape index (κ1) is 10.4. The molecule has 0 spiro atoms. The molecule has 1 aromatic carbocycles. The van der Waals surface area contributed by atoms with Crippen LogP contribution in [0.25, 0.3) is 0 Å². The van der Waals surface area contributed by atoms with Gasteiger partial charge < -0.3 is 10.1 Å². The highest BCUT2D eigenvalue weighted by Gasteiger charge is 2.04. The van der Waals surface area contributed by atoms with E-state index in [1.165, 1.54) is 18.3 Å². The number of ether oxygens (including phenoxy) is 1. The molecule has 0 atom stereocenters. The Balaban J connectivity index is 2.18. The molecule has 0 aliphatic rings. The number of halogens is 1. The maximum Gasteiger partial charge on any atom is 0.255 e. The summed E-state index contributed by atoms with van der Waals surface area (Å²) in [5, 5.41) is 2.98. The van der Waals surface area contributed by atoms with Crippen LogP contribution < -0.4 is 10.1 Å². The molecule has 0 saturated carbocycles. The van der Waals surface area contributed by atoms with Gasteiger partial charge in [-0.25, -0.2) is 9.37 Å². The fourth-order valence-electron chi connectivity index (χ4n) is 1.25. The zero-order valence-electron chi connectivity index (χ0n) is 8.77. The van der Waals surface area contributed by atoms with Crippen molar-refractivity contribution in [2.75, 3.05) is 12.4 Å². The monoisotopic (exact) mass is 218 g/mol. The van der Waals surface area contributed by atoms with Gasteiger partial charge in [-0.15, -0.1) is 0 Å². The number of rotatable bonds is 3. The number of aromatic nitrogens is 1. The normalized spacial score (nSPS) is 9.88. The van der Waals surface area contributed by atoms with Gasteiger partial charge in [-0.3, -0.25) is 0 Å². The van der Waals surface area contributed by atoms with Crippen molar-refractivity contribution >= 4 is 5.69 Å². The largest absolute Gasteiger partial charge is 0.436 e. The van der Waals surface area contributed by atoms with Gasteiger partial charge in [0.15, 0.2) is 5.82 Å². The average molecular weight is 218 g/mol. The van der Waals surface area contributed by atoms with Crippen LogP contribution in [0, 0.1) is 5.82 Å². The lowest BCUT2D eigenvalue weighted by molar-refractivity contribution is 0.423. The SMILES string of the molecule is CNc1ccc(Oc2ncccc2F)cc1. The number of nitrogens with one attached hydrogen (secondary N) is 1. The van der Waals surface area contributed by atoms with Crippen molar-refractivity contribution in [2.45, 2.75) is 0 Å². The first-order valence-electron chi connectivity index (χ1n) is 4.86. The quantitative estimate of drug-likeness (QED) is 0.859. The van der Waals surface area contributed by atoms with Gasteiger partial charge in [-0.1, -0.05) is 0 Å². The molecular formula is C12H11FN2O. The standard InChI is InChI=1S/C12H11FN2O/c1-14-9-4-6-10(7-5-9)16-12-11(13)3-2-8-15-12/h2-8,14H,1H3. The third-order valence-electron chi connectivity index (χ3n) is 2.08. The van der Waals surface area contributed by atoms with Gasteiger partial charge in [-0.05, 0) is 36.4 Å². The fraction of sp³-hybridized carbons (Fsp3) is 0.0833. The lowest BCUT2D eigenvalue weighted by Gasteiger charge is -2.06. The van der Waals surface area contributed by atoms with Crippen LogP contribution in [0.2, 0.25) is 0 Å². The Morgan fingerprint density at radius 2 is 1.94 bits per heavy atom. The summed E-state index contributed by atoms with van der Waals surface area (Å²) in [6, 6.07) is 10.0. The first-order chi connectivity index (χ1) is 7.79. The van der Waals surface area contributed by atoms with E-state index in [0.29, 0.717) is 5.75 Å². The summed E-state index contributed by atoms with van der Waals surface area (Å²) in [5.41, 5.74) is 0.967. The third-order valence-corrected chi connectivity index (χ3v) is 2.08. The van der Waals surface area contributed by atoms with Crippen molar-refractivity contribution in [2.24, 2.45) is 0 Å². The molecule has 4 heteroatoms. The molecule has 0 saturated heterocycles. The van der Waals surface area contributed by atoms with E-state index in [1.54, 1.807) is 12.1 Å². The molecule has 0 radical (unpaired) electrons. The fourth-order valence-corrected chi connectivity index (χ4v) is 1.25. The zero-order valence-corrected chi connectivity index (χ0v) is 8.77. The van der Waals surface area contributed by atoms with Gasteiger partial charge >= 0.3 is 0 Å². The van der Waals surface area contributed by atoms with Crippen LogP contribution in [0.1, 0.15) is 0 Å². The van der Waals surface area contributed by atoms with E-state index in [0.717, 1.165) is 5.69 Å². The van der Waals surface area contributed by atoms with Crippen molar-refractivity contribution in [1.29, 1.82) is 0 Å². The van der Waals surface area contributed by atoms with Crippen LogP contribution in [-0.2, 0) is 0 Å². The highest BCUT2D eigenvalue weighted by molar-refractivity contribution is 5.46. The highest BCUT2D eigenvalue weighted by Crippen LogP contribution is 2.22. The molecule has 2 aromatic rings. The van der Waals surface area contributed by atoms with Crippen LogP contribution in [0.4, 0.5) is 10.1 Å². The number of pyridine rings is 1. The minimum Gasteiger partial charge on any atom is -0.436 e. The second-order valence-electron chi connectivity index (χ2n) is 3.17. The molecule has 0 aliphatic heterocycles. The van der Waals surface area contributed by atoms with Crippen molar-refractivity contribution in [3.63, 3.8) is 0 Å². The average Bonchev–Trinajstić information content (AvgIpc) is 2.33. The minimum atomic E-state index is -0.472. The Labute approximate surface area is 92.9 Å². The van der Waals surface area contributed by atoms with Gasteiger partial charge in [0.25, 0.3) is 5.88 Å². The van der Waals surface area contributed by atoms with Crippen LogP contribution in [-0.4, -0.2) is 12.0 Å². The van der Waals surface area contributed by atoms with Crippen LogP contribution >= 0.6 is 0 Å². The Morgan fingerprint density at radius 3 is 2.56 bits per heavy atom. The van der Waals surface area contributed by atoms with Crippen molar-refractivity contribution in [3.05, 3.63) is 48.4 Å². The second kappa shape index (κ2) is 4.61. The zero-order chi connectivity index (χ0) is 11.4. The molecule has 0 amide bonds. The summed E-state index contributed by atoms with van der Waals surface area (Å²) in [5.74, 6) is 0.0662. The molecule has 0 aliphatic carbocycles. The molecule has 1 aromatic heterocycles. The van der Waals surface area contributed by atoms with Crippen LogP contribution in [0.15, 0.2) is 42.6 Å². The minimum absolute atomic E-state index is 0.0142. The molecule has 0 unspecified atom stereocenters. The Bertz CT molecular complexity index is 471. The number of hydrogen-bond acceptors (Lipinski definition) is 3. The smallest absolute Gasteiger partial charge is 0.255 e. The summed E-state index contributed by atoms with van der Waals surface area (Å²) in [7, 11) is 1.83. The van der Waals surface area contributed by atoms with E-state index in [9.17, 15) is 4.39 Å². The molecule has 0 bridgehead atoms. The number of nitrogens with zero attached hydrogens (tertiary/aromatic N) is 1. The van der Waals surface area contributed by atoms with Crippen LogP contribution in [0.5, 0.6) is 11.6 Å². The van der Waals surface area contributed by atoms with Crippen molar-refractivity contribution in [1.82, 2.24) is 4.98 Å².